The van der Waals surface area contributed by atoms with Crippen molar-refractivity contribution in [3.63, 3.8) is 0 Å². The van der Waals surface area contributed by atoms with E-state index in [4.69, 9.17) is 0 Å². The van der Waals surface area contributed by atoms with Gasteiger partial charge in [0.2, 0.25) is 0 Å². The molecule has 0 spiro atoms. The molecule has 3 aromatic carbocycles. The Labute approximate surface area is 175 Å². The molecule has 0 saturated carbocycles. The van der Waals surface area contributed by atoms with Crippen LogP contribution in [0.1, 0.15) is 44.5 Å². The van der Waals surface area contributed by atoms with Crippen LogP contribution in [0.5, 0.6) is 17.2 Å². The standard InChI is InChI=1S/C24H25NO5/c1-13-5-17(22(26)7-15(13)3)9-19-11-21(25(29)30)12-20(24(19)28)10-18-6-14(2)16(4)8-23(18)27/h5-8,11-12,26-28H,9-10H2,1-4H3. The first-order valence-electron chi connectivity index (χ1n) is 9.64. The van der Waals surface area contributed by atoms with E-state index in [-0.39, 0.29) is 35.8 Å². The van der Waals surface area contributed by atoms with Crippen LogP contribution >= 0.6 is 0 Å². The molecule has 0 atom stereocenters. The Kier molecular flexibility index (Phi) is 5.69. The Bertz CT molecular complexity index is 1070. The summed E-state index contributed by atoms with van der Waals surface area (Å²) in [7, 11) is 0. The molecule has 0 aromatic heterocycles. The Balaban J connectivity index is 2.08. The monoisotopic (exact) mass is 407 g/mol. The highest BCUT2D eigenvalue weighted by Gasteiger charge is 2.19. The molecule has 0 bridgehead atoms. The normalized spacial score (nSPS) is 10.9. The minimum Gasteiger partial charge on any atom is -0.508 e. The Hall–Kier alpha value is -3.54. The highest BCUT2D eigenvalue weighted by atomic mass is 16.6. The van der Waals surface area contributed by atoms with E-state index in [1.54, 1.807) is 12.1 Å². The highest BCUT2D eigenvalue weighted by Crippen LogP contribution is 2.35. The van der Waals surface area contributed by atoms with Gasteiger partial charge in [0.25, 0.3) is 5.69 Å². The first-order chi connectivity index (χ1) is 14.1. The minimum absolute atomic E-state index is 0.0733. The minimum atomic E-state index is -0.507. The predicted molar refractivity (Wildman–Crippen MR) is 116 cm³/mol. The quantitative estimate of drug-likeness (QED) is 0.402. The molecule has 0 radical (unpaired) electrons. The van der Waals surface area contributed by atoms with E-state index in [0.717, 1.165) is 22.3 Å². The number of phenolic OH excluding ortho intramolecular Hbond substituents is 3. The SMILES string of the molecule is Cc1cc(O)c(Cc2cc([N+](=O)[O-])cc(Cc3cc(C)c(C)cc3O)c2O)cc1C. The zero-order valence-electron chi connectivity index (χ0n) is 17.5. The van der Waals surface area contributed by atoms with E-state index in [2.05, 4.69) is 0 Å². The Morgan fingerprint density at radius 3 is 1.40 bits per heavy atom. The molecule has 3 rings (SSSR count). The lowest BCUT2D eigenvalue weighted by Gasteiger charge is -2.14. The van der Waals surface area contributed by atoms with Crippen LogP contribution in [0.3, 0.4) is 0 Å². The number of hydrogen-bond acceptors (Lipinski definition) is 5. The maximum atomic E-state index is 11.5. The van der Waals surface area contributed by atoms with Gasteiger partial charge in [-0.05, 0) is 73.2 Å². The Morgan fingerprint density at radius 1 is 0.667 bits per heavy atom. The van der Waals surface area contributed by atoms with Crippen LogP contribution in [0.2, 0.25) is 0 Å². The fraction of sp³-hybridized carbons (Fsp3) is 0.250. The van der Waals surface area contributed by atoms with E-state index in [9.17, 15) is 25.4 Å². The zero-order valence-corrected chi connectivity index (χ0v) is 17.5. The van der Waals surface area contributed by atoms with E-state index >= 15 is 0 Å². The van der Waals surface area contributed by atoms with E-state index < -0.39 is 4.92 Å². The lowest BCUT2D eigenvalue weighted by molar-refractivity contribution is -0.385. The van der Waals surface area contributed by atoms with Crippen LogP contribution in [0.15, 0.2) is 36.4 Å². The van der Waals surface area contributed by atoms with Crippen molar-refractivity contribution >= 4 is 5.69 Å². The van der Waals surface area contributed by atoms with Crippen molar-refractivity contribution in [1.82, 2.24) is 0 Å². The molecule has 3 N–H and O–H groups in total. The molecule has 0 amide bonds. The van der Waals surface area contributed by atoms with Gasteiger partial charge in [0.1, 0.15) is 17.2 Å². The summed E-state index contributed by atoms with van der Waals surface area (Å²) in [6, 6.07) is 9.58. The first kappa shape index (κ1) is 21.2. The van der Waals surface area contributed by atoms with Gasteiger partial charge in [-0.1, -0.05) is 12.1 Å². The second-order valence-electron chi connectivity index (χ2n) is 7.85. The molecule has 6 nitrogen and oxygen atoms in total. The molecule has 0 fully saturated rings. The molecule has 0 aliphatic heterocycles. The summed E-state index contributed by atoms with van der Waals surface area (Å²) < 4.78 is 0. The number of non-ortho nitro benzene ring substituents is 1. The third-order valence-electron chi connectivity index (χ3n) is 5.62. The molecule has 3 aromatic rings. The highest BCUT2D eigenvalue weighted by molar-refractivity contribution is 5.55. The second kappa shape index (κ2) is 8.06. The number of nitrogens with zero attached hydrogens (tertiary/aromatic N) is 1. The number of nitro benzene ring substituents is 1. The van der Waals surface area contributed by atoms with Crippen LogP contribution in [0.25, 0.3) is 0 Å². The van der Waals surface area contributed by atoms with Crippen molar-refractivity contribution in [2.45, 2.75) is 40.5 Å². The number of aryl methyl sites for hydroxylation is 4. The lowest BCUT2D eigenvalue weighted by Crippen LogP contribution is -2.00. The predicted octanol–water partition coefficient (Wildman–Crippen LogP) is 5.13. The van der Waals surface area contributed by atoms with Gasteiger partial charge >= 0.3 is 0 Å². The fourth-order valence-electron chi connectivity index (χ4n) is 3.53. The van der Waals surface area contributed by atoms with E-state index in [1.165, 1.54) is 12.1 Å². The van der Waals surface area contributed by atoms with Gasteiger partial charge in [0.05, 0.1) is 4.92 Å². The Morgan fingerprint density at radius 2 is 1.03 bits per heavy atom. The summed E-state index contributed by atoms with van der Waals surface area (Å²) in [6.45, 7) is 7.61. The van der Waals surface area contributed by atoms with Gasteiger partial charge in [0, 0.05) is 36.1 Å². The van der Waals surface area contributed by atoms with Crippen LogP contribution in [0, 0.1) is 37.8 Å². The zero-order chi connectivity index (χ0) is 22.2. The summed E-state index contributed by atoms with van der Waals surface area (Å²) in [5.74, 6) is 0.0885. The number of nitro groups is 1. The number of benzene rings is 3. The smallest absolute Gasteiger partial charge is 0.270 e. The molecule has 6 heteroatoms. The van der Waals surface area contributed by atoms with Crippen molar-refractivity contribution in [2.24, 2.45) is 0 Å². The number of rotatable bonds is 5. The van der Waals surface area contributed by atoms with Gasteiger partial charge < -0.3 is 15.3 Å². The number of hydrogen-bond donors (Lipinski definition) is 3. The largest absolute Gasteiger partial charge is 0.508 e. The van der Waals surface area contributed by atoms with Crippen molar-refractivity contribution in [3.8, 4) is 17.2 Å². The van der Waals surface area contributed by atoms with Gasteiger partial charge in [-0.3, -0.25) is 10.1 Å². The molecule has 30 heavy (non-hydrogen) atoms. The van der Waals surface area contributed by atoms with Crippen LogP contribution in [-0.2, 0) is 12.8 Å². The summed E-state index contributed by atoms with van der Waals surface area (Å²) in [4.78, 5) is 11.0. The summed E-state index contributed by atoms with van der Waals surface area (Å²) in [6.07, 6.45) is 0.290. The van der Waals surface area contributed by atoms with Crippen molar-refractivity contribution < 1.29 is 20.2 Å². The maximum Gasteiger partial charge on any atom is 0.270 e. The lowest BCUT2D eigenvalue weighted by atomic mass is 9.94. The maximum absolute atomic E-state index is 11.5. The summed E-state index contributed by atoms with van der Waals surface area (Å²) >= 11 is 0. The molecule has 0 aliphatic rings. The molecule has 0 unspecified atom stereocenters. The van der Waals surface area contributed by atoms with Crippen molar-refractivity contribution in [1.29, 1.82) is 0 Å². The van der Waals surface area contributed by atoms with Crippen molar-refractivity contribution in [2.75, 3.05) is 0 Å². The summed E-state index contributed by atoms with van der Waals surface area (Å²) in [5.41, 5.74) is 5.53. The molecule has 0 saturated heterocycles. The molecule has 0 aliphatic carbocycles. The third kappa shape index (κ3) is 4.22. The topological polar surface area (TPSA) is 104 Å². The molecule has 156 valence electrons. The second-order valence-corrected chi connectivity index (χ2v) is 7.85. The molecular formula is C24H25NO5. The van der Waals surface area contributed by atoms with E-state index in [0.29, 0.717) is 22.3 Å². The third-order valence-corrected chi connectivity index (χ3v) is 5.62. The van der Waals surface area contributed by atoms with Crippen LogP contribution in [0.4, 0.5) is 5.69 Å². The van der Waals surface area contributed by atoms with Crippen LogP contribution < -0.4 is 0 Å². The van der Waals surface area contributed by atoms with Gasteiger partial charge in [0.15, 0.2) is 0 Å². The van der Waals surface area contributed by atoms with Gasteiger partial charge in [-0.2, -0.15) is 0 Å². The number of aromatic hydroxyl groups is 3. The number of phenols is 3. The average Bonchev–Trinajstić information content (AvgIpc) is 2.66. The van der Waals surface area contributed by atoms with Gasteiger partial charge in [-0.25, -0.2) is 0 Å². The summed E-state index contributed by atoms with van der Waals surface area (Å²) in [5, 5.41) is 42.9. The molecule has 0 heterocycles. The van der Waals surface area contributed by atoms with Gasteiger partial charge in [-0.15, -0.1) is 0 Å². The van der Waals surface area contributed by atoms with E-state index in [1.807, 2.05) is 39.8 Å². The fourth-order valence-corrected chi connectivity index (χ4v) is 3.53. The van der Waals surface area contributed by atoms with Crippen LogP contribution in [-0.4, -0.2) is 20.2 Å². The first-order valence-corrected chi connectivity index (χ1v) is 9.64. The van der Waals surface area contributed by atoms with Crippen molar-refractivity contribution in [3.05, 3.63) is 91.0 Å². The molecular weight excluding hydrogens is 382 g/mol. The average molecular weight is 407 g/mol.